The number of carbonyl (C=O) groups excluding carboxylic acids is 1. The number of benzene rings is 1. The van der Waals surface area contributed by atoms with E-state index in [1.54, 1.807) is 18.1 Å². The molecule has 3 rings (SSSR count). The molecule has 1 saturated heterocycles. The highest BCUT2D eigenvalue weighted by Crippen LogP contribution is 2.33. The number of hydrogen-bond acceptors (Lipinski definition) is 3. The summed E-state index contributed by atoms with van der Waals surface area (Å²) in [7, 11) is 1.58. The fraction of sp³-hybridized carbons (Fsp3) is 0.412. The predicted molar refractivity (Wildman–Crippen MR) is 84.8 cm³/mol. The first-order chi connectivity index (χ1) is 11.9. The largest absolute Gasteiger partial charge is 0.416 e. The molecule has 0 radical (unpaired) electrons. The smallest absolute Gasteiger partial charge is 0.383 e. The lowest BCUT2D eigenvalue weighted by Crippen LogP contribution is -2.28. The van der Waals surface area contributed by atoms with Crippen LogP contribution in [-0.2, 0) is 15.7 Å². The van der Waals surface area contributed by atoms with Crippen molar-refractivity contribution >= 4 is 5.91 Å². The van der Waals surface area contributed by atoms with E-state index < -0.39 is 11.7 Å². The summed E-state index contributed by atoms with van der Waals surface area (Å²) < 4.78 is 43.5. The number of halogens is 3. The average molecular weight is 353 g/mol. The van der Waals surface area contributed by atoms with Gasteiger partial charge in [0.2, 0.25) is 5.91 Å². The Hall–Kier alpha value is -2.35. The van der Waals surface area contributed by atoms with Gasteiger partial charge in [0.05, 0.1) is 24.1 Å². The van der Waals surface area contributed by atoms with Crippen molar-refractivity contribution < 1.29 is 22.7 Å². The molecule has 8 heteroatoms. The maximum Gasteiger partial charge on any atom is 0.416 e. The maximum atomic E-state index is 12.8. The van der Waals surface area contributed by atoms with E-state index in [0.29, 0.717) is 43.2 Å². The van der Waals surface area contributed by atoms with Crippen molar-refractivity contribution in [1.29, 1.82) is 0 Å². The van der Waals surface area contributed by atoms with E-state index in [9.17, 15) is 18.0 Å². The molecule has 1 aromatic heterocycles. The first kappa shape index (κ1) is 17.5. The number of carbonyl (C=O) groups is 1. The quantitative estimate of drug-likeness (QED) is 0.899. The van der Waals surface area contributed by atoms with Gasteiger partial charge in [-0.25, -0.2) is 4.98 Å². The molecule has 0 saturated carbocycles. The van der Waals surface area contributed by atoms with Gasteiger partial charge in [-0.05, 0) is 12.1 Å². The Morgan fingerprint density at radius 3 is 2.92 bits per heavy atom. The van der Waals surface area contributed by atoms with Gasteiger partial charge in [0.25, 0.3) is 0 Å². The molecule has 1 fully saturated rings. The number of aromatic amines is 1. The molecule has 1 N–H and O–H groups in total. The molecule has 0 spiro atoms. The van der Waals surface area contributed by atoms with Crippen LogP contribution in [0.15, 0.2) is 30.5 Å². The number of nitrogens with zero attached hydrogens (tertiary/aromatic N) is 2. The van der Waals surface area contributed by atoms with Crippen LogP contribution in [0.25, 0.3) is 11.3 Å². The number of likely N-dealkylation sites (tertiary alicyclic amines) is 1. The minimum absolute atomic E-state index is 0.0269. The minimum atomic E-state index is -4.39. The zero-order valence-corrected chi connectivity index (χ0v) is 13.6. The highest BCUT2D eigenvalue weighted by molar-refractivity contribution is 5.79. The van der Waals surface area contributed by atoms with Gasteiger partial charge < -0.3 is 14.6 Å². The summed E-state index contributed by atoms with van der Waals surface area (Å²) in [5.74, 6) is 0.545. The summed E-state index contributed by atoms with van der Waals surface area (Å²) in [6.45, 7) is 1.51. The van der Waals surface area contributed by atoms with Crippen molar-refractivity contribution in [3.63, 3.8) is 0 Å². The number of H-pyrrole nitrogens is 1. The molecule has 1 aliphatic rings. The lowest BCUT2D eigenvalue weighted by Gasteiger charge is -2.15. The van der Waals surface area contributed by atoms with Crippen LogP contribution in [0.4, 0.5) is 13.2 Å². The van der Waals surface area contributed by atoms with Gasteiger partial charge in [0, 0.05) is 38.1 Å². The zero-order valence-electron chi connectivity index (χ0n) is 13.6. The van der Waals surface area contributed by atoms with Crippen LogP contribution in [0.5, 0.6) is 0 Å². The van der Waals surface area contributed by atoms with Crippen LogP contribution in [0.3, 0.4) is 0 Å². The van der Waals surface area contributed by atoms with Crippen LogP contribution < -0.4 is 0 Å². The maximum absolute atomic E-state index is 12.8. The second-order valence-electron chi connectivity index (χ2n) is 5.99. The van der Waals surface area contributed by atoms with Crippen LogP contribution in [0, 0.1) is 0 Å². The number of imidazole rings is 1. The highest BCUT2D eigenvalue weighted by Gasteiger charge is 2.33. The number of amides is 1. The Kier molecular flexibility index (Phi) is 4.80. The molecular weight excluding hydrogens is 335 g/mol. The Labute approximate surface area is 142 Å². The highest BCUT2D eigenvalue weighted by atomic mass is 19.4. The van der Waals surface area contributed by atoms with Gasteiger partial charge in [-0.1, -0.05) is 12.1 Å². The molecule has 1 atom stereocenters. The number of hydrogen-bond donors (Lipinski definition) is 1. The van der Waals surface area contributed by atoms with Gasteiger partial charge in [-0.2, -0.15) is 13.2 Å². The molecular formula is C17H18F3N3O2. The summed E-state index contributed by atoms with van der Waals surface area (Å²) in [6.07, 6.45) is -2.55. The molecule has 134 valence electrons. The normalized spacial score (nSPS) is 18.2. The lowest BCUT2D eigenvalue weighted by molar-refractivity contribution is -0.137. The standard InChI is InChI=1S/C17H18F3N3O2/c1-25-6-5-23-10-12(8-15(23)24)16-21-9-14(22-16)11-3-2-4-13(7-11)17(18,19)20/h2-4,7,9,12H,5-6,8,10H2,1H3,(H,21,22). The second-order valence-corrected chi connectivity index (χ2v) is 5.99. The fourth-order valence-electron chi connectivity index (χ4n) is 2.93. The number of rotatable bonds is 5. The lowest BCUT2D eigenvalue weighted by atomic mass is 10.1. The number of alkyl halides is 3. The predicted octanol–water partition coefficient (Wildman–Crippen LogP) is 3.06. The summed E-state index contributed by atoms with van der Waals surface area (Å²) in [4.78, 5) is 21.0. The number of ether oxygens (including phenoxy) is 1. The molecule has 2 aromatic rings. The van der Waals surface area contributed by atoms with Gasteiger partial charge >= 0.3 is 6.18 Å². The van der Waals surface area contributed by atoms with E-state index in [0.717, 1.165) is 12.1 Å². The topological polar surface area (TPSA) is 58.2 Å². The van der Waals surface area contributed by atoms with E-state index in [1.165, 1.54) is 12.3 Å². The van der Waals surface area contributed by atoms with Gasteiger partial charge in [0.1, 0.15) is 5.82 Å². The van der Waals surface area contributed by atoms with Crippen LogP contribution in [-0.4, -0.2) is 47.6 Å². The number of aromatic nitrogens is 2. The van der Waals surface area contributed by atoms with Gasteiger partial charge in [-0.15, -0.1) is 0 Å². The van der Waals surface area contributed by atoms with Crippen molar-refractivity contribution in [2.75, 3.05) is 26.8 Å². The molecule has 1 aromatic carbocycles. The van der Waals surface area contributed by atoms with E-state index in [4.69, 9.17) is 4.74 Å². The Morgan fingerprint density at radius 1 is 1.40 bits per heavy atom. The van der Waals surface area contributed by atoms with E-state index in [-0.39, 0.29) is 11.8 Å². The van der Waals surface area contributed by atoms with Crippen molar-refractivity contribution in [3.8, 4) is 11.3 Å². The third-order valence-electron chi connectivity index (χ3n) is 4.26. The fourth-order valence-corrected chi connectivity index (χ4v) is 2.93. The first-order valence-corrected chi connectivity index (χ1v) is 7.87. The minimum Gasteiger partial charge on any atom is -0.383 e. The molecule has 1 unspecified atom stereocenters. The van der Waals surface area contributed by atoms with E-state index in [1.807, 2.05) is 0 Å². The van der Waals surface area contributed by atoms with E-state index >= 15 is 0 Å². The SMILES string of the molecule is COCCN1CC(c2ncc(-c3cccc(C(F)(F)F)c3)[nH]2)CC1=O. The van der Waals surface area contributed by atoms with Crippen molar-refractivity contribution in [3.05, 3.63) is 41.9 Å². The van der Waals surface area contributed by atoms with Crippen LogP contribution in [0.2, 0.25) is 0 Å². The summed E-state index contributed by atoms with van der Waals surface area (Å²) in [5.41, 5.74) is 0.209. The Morgan fingerprint density at radius 2 is 2.20 bits per heavy atom. The molecule has 0 aliphatic carbocycles. The zero-order chi connectivity index (χ0) is 18.0. The Balaban J connectivity index is 1.76. The first-order valence-electron chi connectivity index (χ1n) is 7.87. The number of nitrogens with one attached hydrogen (secondary N) is 1. The monoisotopic (exact) mass is 353 g/mol. The Bertz CT molecular complexity index is 758. The molecule has 2 heterocycles. The van der Waals surface area contributed by atoms with Crippen molar-refractivity contribution in [2.45, 2.75) is 18.5 Å². The average Bonchev–Trinajstić information content (AvgIpc) is 3.19. The third-order valence-corrected chi connectivity index (χ3v) is 4.26. The summed E-state index contributed by atoms with van der Waals surface area (Å²) >= 11 is 0. The number of methoxy groups -OCH3 is 1. The summed E-state index contributed by atoms with van der Waals surface area (Å²) in [5, 5.41) is 0. The van der Waals surface area contributed by atoms with Crippen LogP contribution >= 0.6 is 0 Å². The summed E-state index contributed by atoms with van der Waals surface area (Å²) in [6, 6.07) is 5.08. The molecule has 1 aliphatic heterocycles. The second kappa shape index (κ2) is 6.87. The molecule has 1 amide bonds. The van der Waals surface area contributed by atoms with E-state index in [2.05, 4.69) is 9.97 Å². The van der Waals surface area contributed by atoms with Gasteiger partial charge in [0.15, 0.2) is 0 Å². The molecule has 0 bridgehead atoms. The van der Waals surface area contributed by atoms with Crippen molar-refractivity contribution in [1.82, 2.24) is 14.9 Å². The molecule has 25 heavy (non-hydrogen) atoms. The van der Waals surface area contributed by atoms with Crippen LogP contribution in [0.1, 0.15) is 23.7 Å². The molecule has 5 nitrogen and oxygen atoms in total. The van der Waals surface area contributed by atoms with Gasteiger partial charge in [-0.3, -0.25) is 4.79 Å². The van der Waals surface area contributed by atoms with Crippen molar-refractivity contribution in [2.24, 2.45) is 0 Å². The third kappa shape index (κ3) is 3.84.